The Morgan fingerprint density at radius 2 is 1.31 bits per heavy atom. The summed E-state index contributed by atoms with van der Waals surface area (Å²) >= 11 is 0. The lowest BCUT2D eigenvalue weighted by molar-refractivity contribution is -0.432. The smallest absolute Gasteiger partial charge is 0.222 e. The van der Waals surface area contributed by atoms with Gasteiger partial charge < -0.3 is 0 Å². The van der Waals surface area contributed by atoms with Gasteiger partial charge in [-0.3, -0.25) is 0 Å². The minimum Gasteiger partial charge on any atom is -0.222 e. The zero-order valence-corrected chi connectivity index (χ0v) is 18.3. The average Bonchev–Trinajstić information content (AvgIpc) is 2.70. The van der Waals surface area contributed by atoms with Crippen molar-refractivity contribution in [2.24, 2.45) is 0 Å². The molecule has 1 nitrogen and oxygen atoms in total. The van der Waals surface area contributed by atoms with Gasteiger partial charge in [-0.1, -0.05) is 37.6 Å². The standard InChI is InChI=1S/C25H16F10O/c1-2-3-13-4-6-15(17(26)8-13)7-5-14-9-18(27)22(19(28)10-14)16-11-20(29)23(21(30)12-16)24(31,32)36-25(33,34)35/h4-12H,2-3H2,1H3. The summed E-state index contributed by atoms with van der Waals surface area (Å²) in [5, 5.41) is 0. The Kier molecular flexibility index (Phi) is 7.82. The van der Waals surface area contributed by atoms with E-state index in [1.807, 2.05) is 6.92 Å². The van der Waals surface area contributed by atoms with E-state index < -0.39 is 58.2 Å². The maximum atomic E-state index is 14.6. The average molecular weight is 522 g/mol. The first-order chi connectivity index (χ1) is 16.7. The molecule has 3 rings (SSSR count). The molecule has 0 amide bonds. The predicted octanol–water partition coefficient (Wildman–Crippen LogP) is 8.76. The van der Waals surface area contributed by atoms with Gasteiger partial charge in [0.2, 0.25) is 0 Å². The third kappa shape index (κ3) is 6.26. The van der Waals surface area contributed by atoms with Crippen molar-refractivity contribution in [1.82, 2.24) is 0 Å². The summed E-state index contributed by atoms with van der Waals surface area (Å²) in [6.45, 7) is 1.92. The molecule has 36 heavy (non-hydrogen) atoms. The van der Waals surface area contributed by atoms with Gasteiger partial charge >= 0.3 is 12.5 Å². The zero-order chi connectivity index (χ0) is 26.8. The van der Waals surface area contributed by atoms with Crippen LogP contribution in [-0.2, 0) is 17.3 Å². The third-order valence-electron chi connectivity index (χ3n) is 4.99. The Labute approximate surface area is 198 Å². The number of hydrogen-bond acceptors (Lipinski definition) is 1. The number of aryl methyl sites for hydroxylation is 1. The van der Waals surface area contributed by atoms with Crippen LogP contribution in [0, 0.1) is 29.1 Å². The van der Waals surface area contributed by atoms with Gasteiger partial charge in [0, 0.05) is 5.56 Å². The number of rotatable bonds is 7. The second-order valence-corrected chi connectivity index (χ2v) is 7.68. The molecule has 11 heteroatoms. The van der Waals surface area contributed by atoms with Crippen LogP contribution in [0.4, 0.5) is 43.9 Å². The van der Waals surface area contributed by atoms with E-state index in [4.69, 9.17) is 0 Å². The zero-order valence-electron chi connectivity index (χ0n) is 18.3. The molecular weight excluding hydrogens is 506 g/mol. The molecule has 0 saturated heterocycles. The molecule has 0 aromatic heterocycles. The van der Waals surface area contributed by atoms with Crippen molar-refractivity contribution < 1.29 is 48.6 Å². The minimum absolute atomic E-state index is 0.0519. The van der Waals surface area contributed by atoms with Crippen molar-refractivity contribution in [2.75, 3.05) is 0 Å². The van der Waals surface area contributed by atoms with Crippen molar-refractivity contribution in [1.29, 1.82) is 0 Å². The van der Waals surface area contributed by atoms with Crippen LogP contribution >= 0.6 is 0 Å². The van der Waals surface area contributed by atoms with Crippen LogP contribution in [-0.4, -0.2) is 6.36 Å². The molecule has 0 saturated carbocycles. The summed E-state index contributed by atoms with van der Waals surface area (Å²) in [5.74, 6) is -7.73. The second kappa shape index (κ2) is 10.3. The molecule has 0 unspecified atom stereocenters. The van der Waals surface area contributed by atoms with E-state index in [1.54, 1.807) is 6.07 Å². The maximum Gasteiger partial charge on any atom is 0.527 e. The molecule has 3 aromatic rings. The molecule has 0 heterocycles. The van der Waals surface area contributed by atoms with Gasteiger partial charge in [-0.15, -0.1) is 13.2 Å². The fourth-order valence-electron chi connectivity index (χ4n) is 3.49. The number of halogens is 10. The molecule has 0 aliphatic carbocycles. The van der Waals surface area contributed by atoms with Gasteiger partial charge in [-0.05, 0) is 53.4 Å². The minimum atomic E-state index is -5.93. The van der Waals surface area contributed by atoms with Gasteiger partial charge in [-0.25, -0.2) is 26.7 Å². The van der Waals surface area contributed by atoms with Gasteiger partial charge in [0.05, 0.1) is 5.56 Å². The summed E-state index contributed by atoms with van der Waals surface area (Å²) in [7, 11) is 0. The molecule has 0 atom stereocenters. The molecule has 192 valence electrons. The molecule has 0 spiro atoms. The van der Waals surface area contributed by atoms with Crippen LogP contribution in [0.1, 0.15) is 35.6 Å². The van der Waals surface area contributed by atoms with E-state index in [1.165, 1.54) is 24.3 Å². The number of benzene rings is 3. The normalized spacial score (nSPS) is 12.5. The first-order valence-electron chi connectivity index (χ1n) is 10.3. The van der Waals surface area contributed by atoms with E-state index in [9.17, 15) is 43.9 Å². The quantitative estimate of drug-likeness (QED) is 0.223. The van der Waals surface area contributed by atoms with Crippen molar-refractivity contribution >= 4 is 12.2 Å². The van der Waals surface area contributed by atoms with Crippen molar-refractivity contribution in [3.8, 4) is 11.1 Å². The molecule has 0 fully saturated rings. The monoisotopic (exact) mass is 522 g/mol. The van der Waals surface area contributed by atoms with E-state index in [-0.39, 0.29) is 23.3 Å². The van der Waals surface area contributed by atoms with Crippen molar-refractivity contribution in [3.63, 3.8) is 0 Å². The largest absolute Gasteiger partial charge is 0.527 e. The van der Waals surface area contributed by atoms with Crippen LogP contribution in [0.5, 0.6) is 0 Å². The first kappa shape index (κ1) is 27.3. The fraction of sp³-hybridized carbons (Fsp3) is 0.200. The van der Waals surface area contributed by atoms with E-state index in [0.29, 0.717) is 6.42 Å². The summed E-state index contributed by atoms with van der Waals surface area (Å²) in [6.07, 6.45) is -7.49. The summed E-state index contributed by atoms with van der Waals surface area (Å²) in [4.78, 5) is 0. The van der Waals surface area contributed by atoms with Crippen LogP contribution in [0.25, 0.3) is 23.3 Å². The second-order valence-electron chi connectivity index (χ2n) is 7.68. The maximum absolute atomic E-state index is 14.6. The summed E-state index contributed by atoms with van der Waals surface area (Å²) in [5.41, 5.74) is -3.50. The third-order valence-corrected chi connectivity index (χ3v) is 4.99. The Morgan fingerprint density at radius 3 is 1.81 bits per heavy atom. The lowest BCUT2D eigenvalue weighted by atomic mass is 9.99. The number of hydrogen-bond donors (Lipinski definition) is 0. The molecule has 3 aromatic carbocycles. The Morgan fingerprint density at radius 1 is 0.722 bits per heavy atom. The highest BCUT2D eigenvalue weighted by atomic mass is 19.4. The molecule has 0 aliphatic heterocycles. The van der Waals surface area contributed by atoms with Crippen LogP contribution in [0.15, 0.2) is 42.5 Å². The van der Waals surface area contributed by atoms with Gasteiger partial charge in [0.1, 0.15) is 34.6 Å². The Bertz CT molecular complexity index is 1250. The molecule has 0 N–H and O–H groups in total. The van der Waals surface area contributed by atoms with Gasteiger partial charge in [0.15, 0.2) is 0 Å². The fourth-order valence-corrected chi connectivity index (χ4v) is 3.49. The molecule has 0 radical (unpaired) electrons. The van der Waals surface area contributed by atoms with Gasteiger partial charge in [-0.2, -0.15) is 8.78 Å². The number of ether oxygens (including phenoxy) is 1. The van der Waals surface area contributed by atoms with E-state index in [0.717, 1.165) is 24.1 Å². The Balaban J connectivity index is 1.94. The molecule has 0 aliphatic rings. The molecule has 0 bridgehead atoms. The highest BCUT2D eigenvalue weighted by Gasteiger charge is 2.49. The lowest BCUT2D eigenvalue weighted by Gasteiger charge is -2.20. The highest BCUT2D eigenvalue weighted by Crippen LogP contribution is 2.40. The SMILES string of the molecule is CCCc1ccc(C=Cc2cc(F)c(-c3cc(F)c(C(F)(F)OC(F)(F)F)c(F)c3)c(F)c2)c(F)c1. The first-order valence-corrected chi connectivity index (χ1v) is 10.3. The van der Waals surface area contributed by atoms with E-state index >= 15 is 0 Å². The summed E-state index contributed by atoms with van der Waals surface area (Å²) in [6, 6.07) is 6.07. The lowest BCUT2D eigenvalue weighted by Crippen LogP contribution is -2.29. The summed E-state index contributed by atoms with van der Waals surface area (Å²) < 4.78 is 138. The molecular formula is C25H16F10O. The van der Waals surface area contributed by atoms with Gasteiger partial charge in [0.25, 0.3) is 0 Å². The number of alkyl halides is 5. The topological polar surface area (TPSA) is 9.23 Å². The van der Waals surface area contributed by atoms with Crippen molar-refractivity contribution in [3.05, 3.63) is 93.8 Å². The van der Waals surface area contributed by atoms with Crippen LogP contribution < -0.4 is 0 Å². The van der Waals surface area contributed by atoms with E-state index in [2.05, 4.69) is 4.74 Å². The van der Waals surface area contributed by atoms with Crippen molar-refractivity contribution in [2.45, 2.75) is 32.2 Å². The van der Waals surface area contributed by atoms with Crippen LogP contribution in [0.3, 0.4) is 0 Å². The highest BCUT2D eigenvalue weighted by molar-refractivity contribution is 5.73. The predicted molar refractivity (Wildman–Crippen MR) is 112 cm³/mol. The Hall–Kier alpha value is -3.34. The van der Waals surface area contributed by atoms with Crippen LogP contribution in [0.2, 0.25) is 0 Å².